The number of hydrogen-bond donors (Lipinski definition) is 2. The molecule has 124 valence electrons. The molecule has 3 N–H and O–H groups in total. The lowest BCUT2D eigenvalue weighted by molar-refractivity contribution is 0.207. The highest BCUT2D eigenvalue weighted by Gasteiger charge is 2.28. The van der Waals surface area contributed by atoms with Crippen LogP contribution in [-0.4, -0.2) is 43.2 Å². The molecule has 2 amide bonds. The number of primary sulfonamides is 1. The van der Waals surface area contributed by atoms with Crippen molar-refractivity contribution in [2.24, 2.45) is 11.1 Å². The maximum atomic E-state index is 12.1. The minimum atomic E-state index is -3.48. The zero-order valence-corrected chi connectivity index (χ0v) is 14.4. The van der Waals surface area contributed by atoms with E-state index in [0.29, 0.717) is 32.0 Å². The molecule has 22 heavy (non-hydrogen) atoms. The quantitative estimate of drug-likeness (QED) is 0.832. The van der Waals surface area contributed by atoms with Gasteiger partial charge in [-0.25, -0.2) is 23.3 Å². The number of nitrogens with two attached hydrogens (primary N) is 1. The summed E-state index contributed by atoms with van der Waals surface area (Å²) < 4.78 is 22.2. The van der Waals surface area contributed by atoms with Gasteiger partial charge in [0.15, 0.2) is 0 Å². The second kappa shape index (κ2) is 6.93. The molecule has 7 nitrogen and oxygen atoms in total. The molecule has 0 spiro atoms. The molecule has 0 bridgehead atoms. The standard InChI is InChI=1S/C13H22N4O3S2/c1-9(2)12-16-11(7-21-12)5-15-13(18)17-4-3-10(6-17)8-22(14,19)20/h7,9-10H,3-6,8H2,1-2H3,(H,15,18)(H2,14,19,20)/t10-/m1/s1. The number of nitrogens with zero attached hydrogens (tertiary/aromatic N) is 2. The number of amides is 2. The molecule has 2 rings (SSSR count). The Labute approximate surface area is 135 Å². The van der Waals surface area contributed by atoms with Gasteiger partial charge in [0.05, 0.1) is 23.0 Å². The molecule has 1 fully saturated rings. The zero-order valence-electron chi connectivity index (χ0n) is 12.8. The van der Waals surface area contributed by atoms with E-state index >= 15 is 0 Å². The van der Waals surface area contributed by atoms with E-state index in [0.717, 1.165) is 10.7 Å². The van der Waals surface area contributed by atoms with E-state index < -0.39 is 10.0 Å². The minimum absolute atomic E-state index is 0.0688. The van der Waals surface area contributed by atoms with E-state index in [1.165, 1.54) is 0 Å². The Bertz CT molecular complexity index is 627. The van der Waals surface area contributed by atoms with E-state index in [9.17, 15) is 13.2 Å². The zero-order chi connectivity index (χ0) is 16.3. The molecule has 9 heteroatoms. The summed E-state index contributed by atoms with van der Waals surface area (Å²) in [6, 6.07) is -0.184. The Morgan fingerprint density at radius 2 is 2.32 bits per heavy atom. The number of urea groups is 1. The number of nitrogens with one attached hydrogen (secondary N) is 1. The maximum absolute atomic E-state index is 12.1. The highest BCUT2D eigenvalue weighted by molar-refractivity contribution is 7.89. The predicted molar refractivity (Wildman–Crippen MR) is 86.1 cm³/mol. The van der Waals surface area contributed by atoms with E-state index in [2.05, 4.69) is 24.1 Å². The van der Waals surface area contributed by atoms with Crippen molar-refractivity contribution in [2.75, 3.05) is 18.8 Å². The lowest BCUT2D eigenvalue weighted by atomic mass is 10.2. The number of sulfonamides is 1. The molecule has 0 unspecified atom stereocenters. The van der Waals surface area contributed by atoms with Gasteiger partial charge >= 0.3 is 6.03 Å². The third-order valence-corrected chi connectivity index (χ3v) is 5.66. The van der Waals surface area contributed by atoms with Gasteiger partial charge in [0, 0.05) is 24.4 Å². The topological polar surface area (TPSA) is 105 Å². The van der Waals surface area contributed by atoms with Crippen molar-refractivity contribution >= 4 is 27.4 Å². The number of aromatic nitrogens is 1. The summed E-state index contributed by atoms with van der Waals surface area (Å²) in [6.45, 7) is 5.53. The first kappa shape index (κ1) is 17.2. The summed E-state index contributed by atoms with van der Waals surface area (Å²) in [7, 11) is -3.48. The molecule has 0 aliphatic carbocycles. The predicted octanol–water partition coefficient (Wildman–Crippen LogP) is 1.09. The van der Waals surface area contributed by atoms with Crippen LogP contribution >= 0.6 is 11.3 Å². The SMILES string of the molecule is CC(C)c1nc(CNC(=O)N2CC[C@@H](CS(N)(=O)=O)C2)cs1. The monoisotopic (exact) mass is 346 g/mol. The second-order valence-electron chi connectivity index (χ2n) is 5.92. The molecular weight excluding hydrogens is 324 g/mol. The molecule has 0 aromatic carbocycles. The van der Waals surface area contributed by atoms with Crippen LogP contribution in [0.1, 0.15) is 36.9 Å². The van der Waals surface area contributed by atoms with Crippen LogP contribution in [-0.2, 0) is 16.6 Å². The highest BCUT2D eigenvalue weighted by Crippen LogP contribution is 2.20. The summed E-state index contributed by atoms with van der Waals surface area (Å²) in [5, 5.41) is 10.9. The molecule has 1 aliphatic rings. The van der Waals surface area contributed by atoms with Crippen LogP contribution in [0.5, 0.6) is 0 Å². The lowest BCUT2D eigenvalue weighted by Crippen LogP contribution is -2.38. The Balaban J connectivity index is 1.80. The van der Waals surface area contributed by atoms with Crippen LogP contribution in [0.4, 0.5) is 4.79 Å². The first-order valence-electron chi connectivity index (χ1n) is 7.22. The smallest absolute Gasteiger partial charge is 0.317 e. The van der Waals surface area contributed by atoms with Gasteiger partial charge in [0.25, 0.3) is 0 Å². The fourth-order valence-corrected chi connectivity index (χ4v) is 4.19. The highest BCUT2D eigenvalue weighted by atomic mass is 32.2. The molecule has 0 saturated carbocycles. The van der Waals surface area contributed by atoms with Crippen LogP contribution in [0.3, 0.4) is 0 Å². The van der Waals surface area contributed by atoms with Crippen molar-refractivity contribution in [3.63, 3.8) is 0 Å². The van der Waals surface area contributed by atoms with Crippen molar-refractivity contribution in [3.05, 3.63) is 16.1 Å². The maximum Gasteiger partial charge on any atom is 0.317 e. The average molecular weight is 346 g/mol. The number of likely N-dealkylation sites (tertiary alicyclic amines) is 1. The van der Waals surface area contributed by atoms with Gasteiger partial charge < -0.3 is 10.2 Å². The summed E-state index contributed by atoms with van der Waals surface area (Å²) in [4.78, 5) is 18.2. The van der Waals surface area contributed by atoms with Crippen molar-refractivity contribution in [3.8, 4) is 0 Å². The summed E-state index contributed by atoms with van der Waals surface area (Å²) >= 11 is 1.59. The summed E-state index contributed by atoms with van der Waals surface area (Å²) in [6.07, 6.45) is 0.665. The Kier molecular flexibility index (Phi) is 5.41. The van der Waals surface area contributed by atoms with E-state index in [-0.39, 0.29) is 17.7 Å². The average Bonchev–Trinajstić information content (AvgIpc) is 3.02. The number of carbonyl (C=O) groups is 1. The van der Waals surface area contributed by atoms with E-state index in [1.807, 2.05) is 5.38 Å². The van der Waals surface area contributed by atoms with Crippen molar-refractivity contribution < 1.29 is 13.2 Å². The van der Waals surface area contributed by atoms with Crippen LogP contribution in [0.2, 0.25) is 0 Å². The Morgan fingerprint density at radius 1 is 1.59 bits per heavy atom. The van der Waals surface area contributed by atoms with Crippen LogP contribution in [0.15, 0.2) is 5.38 Å². The molecule has 1 saturated heterocycles. The fraction of sp³-hybridized carbons (Fsp3) is 0.692. The molecule has 1 aromatic heterocycles. The first-order valence-corrected chi connectivity index (χ1v) is 9.81. The Morgan fingerprint density at radius 3 is 2.91 bits per heavy atom. The third-order valence-electron chi connectivity index (χ3n) is 3.53. The lowest BCUT2D eigenvalue weighted by Gasteiger charge is -2.16. The van der Waals surface area contributed by atoms with Gasteiger partial charge in [-0.15, -0.1) is 11.3 Å². The van der Waals surface area contributed by atoms with E-state index in [1.54, 1.807) is 16.2 Å². The number of carbonyl (C=O) groups excluding carboxylic acids is 1. The molecule has 1 atom stereocenters. The van der Waals surface area contributed by atoms with Gasteiger partial charge in [0.2, 0.25) is 10.0 Å². The number of hydrogen-bond acceptors (Lipinski definition) is 5. The molecule has 1 aliphatic heterocycles. The largest absolute Gasteiger partial charge is 0.332 e. The molecular formula is C13H22N4O3S2. The minimum Gasteiger partial charge on any atom is -0.332 e. The van der Waals surface area contributed by atoms with Gasteiger partial charge in [-0.3, -0.25) is 0 Å². The molecule has 2 heterocycles. The van der Waals surface area contributed by atoms with Gasteiger partial charge in [0.1, 0.15) is 0 Å². The second-order valence-corrected chi connectivity index (χ2v) is 8.47. The fourth-order valence-electron chi connectivity index (χ4n) is 2.43. The summed E-state index contributed by atoms with van der Waals surface area (Å²) in [5.41, 5.74) is 0.849. The number of thiazole rings is 1. The van der Waals surface area contributed by atoms with Gasteiger partial charge in [-0.2, -0.15) is 0 Å². The summed E-state index contributed by atoms with van der Waals surface area (Å²) in [5.74, 6) is 0.236. The van der Waals surface area contributed by atoms with Gasteiger partial charge in [-0.05, 0) is 12.3 Å². The number of rotatable bonds is 5. The van der Waals surface area contributed by atoms with Gasteiger partial charge in [-0.1, -0.05) is 13.8 Å². The third kappa shape index (κ3) is 4.92. The molecule has 1 aromatic rings. The van der Waals surface area contributed by atoms with Crippen molar-refractivity contribution in [1.29, 1.82) is 0 Å². The normalized spacial score (nSPS) is 18.9. The van der Waals surface area contributed by atoms with Crippen LogP contribution < -0.4 is 10.5 Å². The van der Waals surface area contributed by atoms with Crippen LogP contribution in [0, 0.1) is 5.92 Å². The molecule has 0 radical (unpaired) electrons. The van der Waals surface area contributed by atoms with Crippen molar-refractivity contribution in [1.82, 2.24) is 15.2 Å². The Hall–Kier alpha value is -1.19. The first-order chi connectivity index (χ1) is 10.2. The van der Waals surface area contributed by atoms with Crippen LogP contribution in [0.25, 0.3) is 0 Å². The van der Waals surface area contributed by atoms with Crippen molar-refractivity contribution in [2.45, 2.75) is 32.7 Å². The van der Waals surface area contributed by atoms with E-state index in [4.69, 9.17) is 5.14 Å².